The van der Waals surface area contributed by atoms with Crippen LogP contribution < -0.4 is 15.4 Å². The highest BCUT2D eigenvalue weighted by atomic mass is 19.1. The van der Waals surface area contributed by atoms with Crippen LogP contribution in [0.2, 0.25) is 0 Å². The van der Waals surface area contributed by atoms with E-state index in [9.17, 15) is 13.6 Å². The topological polar surface area (TPSA) is 50.4 Å². The lowest BCUT2D eigenvalue weighted by molar-refractivity contribution is 0.0922. The van der Waals surface area contributed by atoms with Crippen LogP contribution in [0, 0.1) is 17.0 Å². The van der Waals surface area contributed by atoms with Crippen molar-refractivity contribution >= 4 is 5.91 Å². The van der Waals surface area contributed by atoms with Crippen molar-refractivity contribution in [2.45, 2.75) is 19.8 Å². The summed E-state index contributed by atoms with van der Waals surface area (Å²) in [5.41, 5.74) is 0.624. The first-order valence-electron chi connectivity index (χ1n) is 8.67. The normalized spacial score (nSPS) is 16.1. The van der Waals surface area contributed by atoms with Gasteiger partial charge in [0.05, 0.1) is 0 Å². The van der Waals surface area contributed by atoms with Crippen molar-refractivity contribution in [3.63, 3.8) is 0 Å². The maximum absolute atomic E-state index is 13.6. The van der Waals surface area contributed by atoms with Crippen LogP contribution in [0.3, 0.4) is 0 Å². The molecule has 4 nitrogen and oxygen atoms in total. The Morgan fingerprint density at radius 3 is 2.50 bits per heavy atom. The molecule has 0 bridgehead atoms. The second-order valence-corrected chi connectivity index (χ2v) is 6.94. The van der Waals surface area contributed by atoms with E-state index in [0.717, 1.165) is 38.1 Å². The minimum absolute atomic E-state index is 0.0672. The molecule has 1 saturated heterocycles. The van der Waals surface area contributed by atoms with Crippen LogP contribution in [0.4, 0.5) is 8.78 Å². The van der Waals surface area contributed by atoms with Gasteiger partial charge in [0, 0.05) is 18.2 Å². The van der Waals surface area contributed by atoms with E-state index in [1.807, 2.05) is 0 Å². The van der Waals surface area contributed by atoms with Gasteiger partial charge >= 0.3 is 0 Å². The highest BCUT2D eigenvalue weighted by Gasteiger charge is 2.27. The molecule has 138 valence electrons. The summed E-state index contributed by atoms with van der Waals surface area (Å²) in [5.74, 6) is -1.28. The number of hydrogen-bond acceptors (Lipinski definition) is 3. The standard InChI is InChI=1S/C20H22F2N2O2/c1-20(8-10-23-11-9-20)13-24-19(25)14-2-5-16(6-3-14)26-18-7-4-15(21)12-17(18)22/h2-7,12,23H,8-11,13H2,1H3,(H,24,25). The van der Waals surface area contributed by atoms with Crippen molar-refractivity contribution in [3.8, 4) is 11.5 Å². The fourth-order valence-corrected chi connectivity index (χ4v) is 2.96. The minimum atomic E-state index is -0.776. The molecule has 0 radical (unpaired) electrons. The number of hydrogen-bond donors (Lipinski definition) is 2. The van der Waals surface area contributed by atoms with Crippen LogP contribution >= 0.6 is 0 Å². The molecule has 0 spiro atoms. The van der Waals surface area contributed by atoms with Crippen molar-refractivity contribution in [1.82, 2.24) is 10.6 Å². The lowest BCUT2D eigenvalue weighted by Crippen LogP contribution is -2.42. The van der Waals surface area contributed by atoms with Crippen molar-refractivity contribution in [3.05, 3.63) is 59.7 Å². The zero-order valence-corrected chi connectivity index (χ0v) is 14.6. The molecule has 1 amide bonds. The van der Waals surface area contributed by atoms with Gasteiger partial charge < -0.3 is 15.4 Å². The van der Waals surface area contributed by atoms with Gasteiger partial charge in [0.1, 0.15) is 11.6 Å². The zero-order chi connectivity index (χ0) is 18.6. The quantitative estimate of drug-likeness (QED) is 0.851. The molecule has 26 heavy (non-hydrogen) atoms. The number of benzene rings is 2. The lowest BCUT2D eigenvalue weighted by atomic mass is 9.81. The summed E-state index contributed by atoms with van der Waals surface area (Å²) in [6.07, 6.45) is 2.06. The Balaban J connectivity index is 1.59. The van der Waals surface area contributed by atoms with Gasteiger partial charge in [-0.2, -0.15) is 0 Å². The smallest absolute Gasteiger partial charge is 0.251 e. The summed E-state index contributed by atoms with van der Waals surface area (Å²) >= 11 is 0. The summed E-state index contributed by atoms with van der Waals surface area (Å²) in [4.78, 5) is 12.3. The van der Waals surface area contributed by atoms with Crippen molar-refractivity contribution in [1.29, 1.82) is 0 Å². The van der Waals surface area contributed by atoms with Gasteiger partial charge in [0.25, 0.3) is 5.91 Å². The average Bonchev–Trinajstić information content (AvgIpc) is 2.63. The molecular weight excluding hydrogens is 338 g/mol. The Labute approximate surface area is 151 Å². The number of carbonyl (C=O) groups excluding carboxylic acids is 1. The van der Waals surface area contributed by atoms with Crippen LogP contribution in [-0.2, 0) is 0 Å². The third-order valence-corrected chi connectivity index (χ3v) is 4.72. The number of ether oxygens (including phenoxy) is 1. The summed E-state index contributed by atoms with van der Waals surface area (Å²) in [6.45, 7) is 4.76. The predicted octanol–water partition coefficient (Wildman–Crippen LogP) is 3.88. The fraction of sp³-hybridized carbons (Fsp3) is 0.350. The van der Waals surface area contributed by atoms with E-state index in [1.54, 1.807) is 24.3 Å². The average molecular weight is 360 g/mol. The molecule has 0 unspecified atom stereocenters. The number of amides is 1. The van der Waals surface area contributed by atoms with Crippen molar-refractivity contribution in [2.75, 3.05) is 19.6 Å². The monoisotopic (exact) mass is 360 g/mol. The van der Waals surface area contributed by atoms with Gasteiger partial charge in [0.15, 0.2) is 11.6 Å². The van der Waals surface area contributed by atoms with Gasteiger partial charge in [0.2, 0.25) is 0 Å². The van der Waals surface area contributed by atoms with E-state index in [-0.39, 0.29) is 17.1 Å². The lowest BCUT2D eigenvalue weighted by Gasteiger charge is -2.34. The van der Waals surface area contributed by atoms with E-state index >= 15 is 0 Å². The molecule has 6 heteroatoms. The van der Waals surface area contributed by atoms with Crippen LogP contribution in [-0.4, -0.2) is 25.5 Å². The van der Waals surface area contributed by atoms with Crippen LogP contribution in [0.15, 0.2) is 42.5 Å². The predicted molar refractivity (Wildman–Crippen MR) is 95.4 cm³/mol. The van der Waals surface area contributed by atoms with Gasteiger partial charge in [-0.3, -0.25) is 4.79 Å². The molecule has 0 atom stereocenters. The number of piperidine rings is 1. The second-order valence-electron chi connectivity index (χ2n) is 6.94. The Bertz CT molecular complexity index is 772. The van der Waals surface area contributed by atoms with E-state index in [1.165, 1.54) is 6.07 Å². The summed E-state index contributed by atoms with van der Waals surface area (Å²) in [6, 6.07) is 9.53. The van der Waals surface area contributed by atoms with Gasteiger partial charge in [-0.25, -0.2) is 8.78 Å². The summed E-state index contributed by atoms with van der Waals surface area (Å²) in [5, 5.41) is 6.30. The number of nitrogens with one attached hydrogen (secondary N) is 2. The third kappa shape index (κ3) is 4.58. The minimum Gasteiger partial charge on any atom is -0.454 e. The Morgan fingerprint density at radius 2 is 1.85 bits per heavy atom. The first-order valence-corrected chi connectivity index (χ1v) is 8.67. The largest absolute Gasteiger partial charge is 0.454 e. The Morgan fingerprint density at radius 1 is 1.15 bits per heavy atom. The van der Waals surface area contributed by atoms with Crippen molar-refractivity contribution in [2.24, 2.45) is 5.41 Å². The summed E-state index contributed by atoms with van der Waals surface area (Å²) < 4.78 is 31.9. The fourth-order valence-electron chi connectivity index (χ4n) is 2.96. The maximum Gasteiger partial charge on any atom is 0.251 e. The molecule has 2 N–H and O–H groups in total. The maximum atomic E-state index is 13.6. The third-order valence-electron chi connectivity index (χ3n) is 4.72. The van der Waals surface area contributed by atoms with E-state index < -0.39 is 11.6 Å². The van der Waals surface area contributed by atoms with Crippen LogP contribution in [0.5, 0.6) is 11.5 Å². The molecular formula is C20H22F2N2O2. The first kappa shape index (κ1) is 18.3. The first-order chi connectivity index (χ1) is 12.5. The molecule has 3 rings (SSSR count). The van der Waals surface area contributed by atoms with E-state index in [0.29, 0.717) is 17.9 Å². The summed E-state index contributed by atoms with van der Waals surface area (Å²) in [7, 11) is 0. The number of carbonyl (C=O) groups is 1. The van der Waals surface area contributed by atoms with Gasteiger partial charge in [-0.1, -0.05) is 6.92 Å². The highest BCUT2D eigenvalue weighted by Crippen LogP contribution is 2.27. The number of rotatable bonds is 5. The molecule has 1 fully saturated rings. The highest BCUT2D eigenvalue weighted by molar-refractivity contribution is 5.94. The molecule has 0 aliphatic carbocycles. The number of halogens is 2. The molecule has 1 heterocycles. The van der Waals surface area contributed by atoms with Crippen LogP contribution in [0.25, 0.3) is 0 Å². The van der Waals surface area contributed by atoms with Gasteiger partial charge in [-0.05, 0) is 67.7 Å². The van der Waals surface area contributed by atoms with Crippen molar-refractivity contribution < 1.29 is 18.3 Å². The molecule has 1 aliphatic rings. The molecule has 1 aliphatic heterocycles. The second kappa shape index (κ2) is 7.83. The Kier molecular flexibility index (Phi) is 5.52. The SMILES string of the molecule is CC1(CNC(=O)c2ccc(Oc3ccc(F)cc3F)cc2)CCNCC1. The van der Waals surface area contributed by atoms with Crippen LogP contribution in [0.1, 0.15) is 30.1 Å². The molecule has 2 aromatic carbocycles. The Hall–Kier alpha value is -2.47. The van der Waals surface area contributed by atoms with E-state index in [4.69, 9.17) is 4.74 Å². The zero-order valence-electron chi connectivity index (χ0n) is 14.6. The molecule has 0 saturated carbocycles. The molecule has 2 aromatic rings. The van der Waals surface area contributed by atoms with E-state index in [2.05, 4.69) is 17.6 Å². The molecule has 0 aromatic heterocycles. The van der Waals surface area contributed by atoms with Gasteiger partial charge in [-0.15, -0.1) is 0 Å².